The van der Waals surface area contributed by atoms with E-state index < -0.39 is 5.82 Å². The first-order chi connectivity index (χ1) is 13.6. The highest BCUT2D eigenvalue weighted by atomic mass is 19.1. The Morgan fingerprint density at radius 3 is 2.89 bits per heavy atom. The largest absolute Gasteiger partial charge is 0.310 e. The summed E-state index contributed by atoms with van der Waals surface area (Å²) in [5, 5.41) is 0. The number of pyridine rings is 1. The zero-order valence-electron chi connectivity index (χ0n) is 15.0. The van der Waals surface area contributed by atoms with E-state index in [1.165, 1.54) is 16.7 Å². The van der Waals surface area contributed by atoms with Crippen LogP contribution in [0.1, 0.15) is 12.1 Å². The molecule has 6 nitrogen and oxygen atoms in total. The smallest absolute Gasteiger partial charge is 0.275 e. The van der Waals surface area contributed by atoms with Crippen LogP contribution in [0.3, 0.4) is 0 Å². The van der Waals surface area contributed by atoms with E-state index in [-0.39, 0.29) is 24.4 Å². The van der Waals surface area contributed by atoms with Gasteiger partial charge in [0, 0.05) is 38.3 Å². The van der Waals surface area contributed by atoms with Crippen molar-refractivity contribution >= 4 is 28.1 Å². The van der Waals surface area contributed by atoms with Crippen molar-refractivity contribution in [3.05, 3.63) is 76.7 Å². The first-order valence-electron chi connectivity index (χ1n) is 9.17. The highest BCUT2D eigenvalue weighted by Crippen LogP contribution is 2.26. The summed E-state index contributed by atoms with van der Waals surface area (Å²) in [4.78, 5) is 31.8. The molecule has 28 heavy (non-hydrogen) atoms. The predicted octanol–water partition coefficient (Wildman–Crippen LogP) is 2.77. The van der Waals surface area contributed by atoms with Crippen LogP contribution in [0.25, 0.3) is 16.6 Å². The molecule has 0 spiro atoms. The predicted molar refractivity (Wildman–Crippen MR) is 104 cm³/mol. The van der Waals surface area contributed by atoms with E-state index in [1.54, 1.807) is 39.9 Å². The summed E-state index contributed by atoms with van der Waals surface area (Å²) in [5.41, 5.74) is 3.21. The van der Waals surface area contributed by atoms with Crippen molar-refractivity contribution in [3.63, 3.8) is 0 Å². The number of anilines is 1. The van der Waals surface area contributed by atoms with Crippen molar-refractivity contribution in [2.75, 3.05) is 11.4 Å². The van der Waals surface area contributed by atoms with Crippen LogP contribution < -0.4 is 10.5 Å². The highest BCUT2D eigenvalue weighted by molar-refractivity contribution is 5.95. The quantitative estimate of drug-likeness (QED) is 0.552. The van der Waals surface area contributed by atoms with E-state index in [4.69, 9.17) is 0 Å². The number of hydrogen-bond acceptors (Lipinski definition) is 3. The monoisotopic (exact) mass is 376 g/mol. The van der Waals surface area contributed by atoms with Crippen LogP contribution in [-0.4, -0.2) is 26.4 Å². The average Bonchev–Trinajstić information content (AvgIpc) is 3.35. The molecule has 0 saturated carbocycles. The molecule has 4 aromatic rings. The molecule has 1 aromatic carbocycles. The fourth-order valence-corrected chi connectivity index (χ4v) is 3.96. The zero-order chi connectivity index (χ0) is 19.3. The van der Waals surface area contributed by atoms with Gasteiger partial charge in [0.15, 0.2) is 0 Å². The SMILES string of the molecule is O=C(CCn1c(=O)c2cccn2c2ccc(F)cc21)N1CCc2ncccc21. The van der Waals surface area contributed by atoms with Gasteiger partial charge in [0.2, 0.25) is 5.91 Å². The van der Waals surface area contributed by atoms with Crippen LogP contribution >= 0.6 is 0 Å². The van der Waals surface area contributed by atoms with Gasteiger partial charge in [0.05, 0.1) is 22.4 Å². The number of benzene rings is 1. The number of hydrogen-bond donors (Lipinski definition) is 0. The fourth-order valence-electron chi connectivity index (χ4n) is 3.96. The van der Waals surface area contributed by atoms with Gasteiger partial charge in [0.25, 0.3) is 5.56 Å². The normalized spacial score (nSPS) is 13.4. The molecule has 1 amide bonds. The Labute approximate surface area is 159 Å². The van der Waals surface area contributed by atoms with Crippen LogP contribution in [0.4, 0.5) is 10.1 Å². The van der Waals surface area contributed by atoms with Crippen molar-refractivity contribution < 1.29 is 9.18 Å². The lowest BCUT2D eigenvalue weighted by molar-refractivity contribution is -0.118. The molecule has 0 N–H and O–H groups in total. The minimum absolute atomic E-state index is 0.0709. The lowest BCUT2D eigenvalue weighted by Gasteiger charge is -2.18. The Kier molecular flexibility index (Phi) is 3.75. The summed E-state index contributed by atoms with van der Waals surface area (Å²) in [6.45, 7) is 0.776. The molecule has 0 unspecified atom stereocenters. The zero-order valence-corrected chi connectivity index (χ0v) is 15.0. The van der Waals surface area contributed by atoms with Crippen LogP contribution in [0.5, 0.6) is 0 Å². The maximum atomic E-state index is 13.9. The van der Waals surface area contributed by atoms with E-state index in [0.29, 0.717) is 17.6 Å². The highest BCUT2D eigenvalue weighted by Gasteiger charge is 2.25. The topological polar surface area (TPSA) is 59.6 Å². The molecule has 4 heterocycles. The maximum Gasteiger partial charge on any atom is 0.275 e. The number of aromatic nitrogens is 3. The molecular formula is C21H17FN4O2. The number of halogens is 1. The third kappa shape index (κ3) is 2.51. The van der Waals surface area contributed by atoms with E-state index in [0.717, 1.165) is 23.3 Å². The fraction of sp³-hybridized carbons (Fsp3) is 0.190. The molecule has 0 aliphatic carbocycles. The van der Waals surface area contributed by atoms with Gasteiger partial charge in [-0.1, -0.05) is 0 Å². The number of carbonyl (C=O) groups is 1. The van der Waals surface area contributed by atoms with Crippen LogP contribution in [0.2, 0.25) is 0 Å². The average molecular weight is 376 g/mol. The summed E-state index contributed by atoms with van der Waals surface area (Å²) in [6.07, 6.45) is 4.38. The van der Waals surface area contributed by atoms with Gasteiger partial charge in [-0.3, -0.25) is 14.6 Å². The van der Waals surface area contributed by atoms with Crippen molar-refractivity contribution in [1.29, 1.82) is 0 Å². The molecule has 5 rings (SSSR count). The number of nitrogens with zero attached hydrogens (tertiary/aromatic N) is 4. The van der Waals surface area contributed by atoms with Crippen molar-refractivity contribution in [2.24, 2.45) is 0 Å². The van der Waals surface area contributed by atoms with Crippen LogP contribution in [0, 0.1) is 5.82 Å². The minimum atomic E-state index is -0.418. The molecule has 0 atom stereocenters. The lowest BCUT2D eigenvalue weighted by Crippen LogP contribution is -2.31. The molecule has 140 valence electrons. The first kappa shape index (κ1) is 16.7. The first-order valence-corrected chi connectivity index (χ1v) is 9.17. The molecule has 0 saturated heterocycles. The van der Waals surface area contributed by atoms with Gasteiger partial charge in [-0.15, -0.1) is 0 Å². The third-order valence-corrected chi connectivity index (χ3v) is 5.28. The molecular weight excluding hydrogens is 359 g/mol. The van der Waals surface area contributed by atoms with Gasteiger partial charge in [0.1, 0.15) is 11.3 Å². The van der Waals surface area contributed by atoms with Gasteiger partial charge < -0.3 is 13.9 Å². The van der Waals surface area contributed by atoms with Gasteiger partial charge >= 0.3 is 0 Å². The standard InChI is InChI=1S/C21H17FN4O2/c22-14-5-6-17-19(13-14)26(21(28)18-4-2-10-24(17)18)12-8-20(27)25-11-7-15-16(25)3-1-9-23-15/h1-6,9-10,13H,7-8,11-12H2. The van der Waals surface area contributed by atoms with Crippen LogP contribution in [-0.2, 0) is 17.8 Å². The lowest BCUT2D eigenvalue weighted by atomic mass is 10.2. The Bertz CT molecular complexity index is 1290. The molecule has 1 aliphatic heterocycles. The summed E-state index contributed by atoms with van der Waals surface area (Å²) < 4.78 is 17.1. The number of carbonyl (C=O) groups excluding carboxylic acids is 1. The van der Waals surface area contributed by atoms with Gasteiger partial charge in [-0.2, -0.15) is 0 Å². The van der Waals surface area contributed by atoms with E-state index in [1.807, 2.05) is 12.1 Å². The number of aryl methyl sites for hydroxylation is 1. The second-order valence-electron chi connectivity index (χ2n) is 6.87. The van der Waals surface area contributed by atoms with Crippen LogP contribution in [0.15, 0.2) is 59.7 Å². The second kappa shape index (κ2) is 6.30. The molecule has 7 heteroatoms. The van der Waals surface area contributed by atoms with E-state index in [9.17, 15) is 14.0 Å². The molecule has 1 aliphatic rings. The molecule has 3 aromatic heterocycles. The Hall–Kier alpha value is -3.48. The van der Waals surface area contributed by atoms with E-state index >= 15 is 0 Å². The number of amides is 1. The summed E-state index contributed by atoms with van der Waals surface area (Å²) in [7, 11) is 0. The Morgan fingerprint density at radius 1 is 1.11 bits per heavy atom. The summed E-state index contributed by atoms with van der Waals surface area (Å²) in [5.74, 6) is -0.489. The second-order valence-corrected chi connectivity index (χ2v) is 6.87. The number of rotatable bonds is 3. The Morgan fingerprint density at radius 2 is 2.00 bits per heavy atom. The third-order valence-electron chi connectivity index (χ3n) is 5.28. The van der Waals surface area contributed by atoms with Gasteiger partial charge in [-0.25, -0.2) is 4.39 Å². The Balaban J connectivity index is 1.51. The maximum absolute atomic E-state index is 13.9. The van der Waals surface area contributed by atoms with Crippen molar-refractivity contribution in [1.82, 2.24) is 14.0 Å². The van der Waals surface area contributed by atoms with Crippen molar-refractivity contribution in [3.8, 4) is 0 Å². The van der Waals surface area contributed by atoms with Gasteiger partial charge in [-0.05, 0) is 42.5 Å². The molecule has 0 radical (unpaired) electrons. The summed E-state index contributed by atoms with van der Waals surface area (Å²) >= 11 is 0. The molecule has 0 fully saturated rings. The summed E-state index contributed by atoms with van der Waals surface area (Å²) in [6, 6.07) is 11.6. The number of fused-ring (bicyclic) bond motifs is 4. The van der Waals surface area contributed by atoms with Crippen molar-refractivity contribution in [2.45, 2.75) is 19.4 Å². The molecule has 0 bridgehead atoms. The van der Waals surface area contributed by atoms with E-state index in [2.05, 4.69) is 4.98 Å². The minimum Gasteiger partial charge on any atom is -0.310 e.